The summed E-state index contributed by atoms with van der Waals surface area (Å²) in [6, 6.07) is 0. The van der Waals surface area contributed by atoms with Crippen LogP contribution >= 0.6 is 0 Å². The van der Waals surface area contributed by atoms with Crippen LogP contribution < -0.4 is 5.32 Å². The van der Waals surface area contributed by atoms with Gasteiger partial charge in [-0.05, 0) is 0 Å². The lowest BCUT2D eigenvalue weighted by Crippen LogP contribution is -2.46. The van der Waals surface area contributed by atoms with Gasteiger partial charge in [-0.1, -0.05) is 27.7 Å². The van der Waals surface area contributed by atoms with Crippen LogP contribution in [0.25, 0.3) is 0 Å². The van der Waals surface area contributed by atoms with Gasteiger partial charge in [-0.15, -0.1) is 0 Å². The third-order valence-corrected chi connectivity index (χ3v) is 1.70. The molecule has 0 aliphatic carbocycles. The van der Waals surface area contributed by atoms with E-state index in [2.05, 4.69) is 5.32 Å². The summed E-state index contributed by atoms with van der Waals surface area (Å²) in [6.07, 6.45) is 0.374. The molecule has 0 bridgehead atoms. The van der Waals surface area contributed by atoms with E-state index in [0.29, 0.717) is 6.42 Å². The quantitative estimate of drug-likeness (QED) is 0.594. The molecule has 1 aliphatic rings. The smallest absolute Gasteiger partial charge is 0.226 e. The molecule has 12 heavy (non-hydrogen) atoms. The highest BCUT2D eigenvalue weighted by molar-refractivity contribution is 5.96. The number of carbonyl (C=O) groups is 2. The Balaban J connectivity index is 0.000000561. The number of nitrogens with one attached hydrogen (secondary N) is 1. The summed E-state index contributed by atoms with van der Waals surface area (Å²) < 4.78 is 0. The van der Waals surface area contributed by atoms with E-state index in [-0.39, 0.29) is 18.2 Å². The molecule has 1 amide bonds. The molecule has 1 rings (SSSR count). The van der Waals surface area contributed by atoms with Crippen molar-refractivity contribution in [1.82, 2.24) is 5.32 Å². The molecule has 0 aromatic carbocycles. The third-order valence-electron chi connectivity index (χ3n) is 1.70. The first-order chi connectivity index (χ1) is 5.52. The monoisotopic (exact) mass is 171 g/mol. The third kappa shape index (κ3) is 2.64. The number of rotatable bonds is 0. The van der Waals surface area contributed by atoms with Crippen molar-refractivity contribution >= 4 is 11.7 Å². The van der Waals surface area contributed by atoms with E-state index in [1.807, 2.05) is 13.8 Å². The van der Waals surface area contributed by atoms with Crippen molar-refractivity contribution in [3.05, 3.63) is 0 Å². The van der Waals surface area contributed by atoms with Crippen LogP contribution in [0.2, 0.25) is 0 Å². The number of hydrogen-bond donors (Lipinski definition) is 1. The van der Waals surface area contributed by atoms with Gasteiger partial charge < -0.3 is 5.32 Å². The van der Waals surface area contributed by atoms with Crippen LogP contribution in [0.1, 0.15) is 34.1 Å². The van der Waals surface area contributed by atoms with E-state index in [4.69, 9.17) is 0 Å². The second-order valence-corrected chi connectivity index (χ2v) is 3.28. The number of Topliss-reactive ketones (excluding diaryl/α,β-unsaturated/α-hetero) is 1. The van der Waals surface area contributed by atoms with Gasteiger partial charge in [-0.2, -0.15) is 0 Å². The maximum atomic E-state index is 11.0. The second kappa shape index (κ2) is 4.24. The zero-order chi connectivity index (χ0) is 9.78. The zero-order valence-electron chi connectivity index (χ0n) is 8.23. The van der Waals surface area contributed by atoms with Crippen LogP contribution in [0.4, 0.5) is 0 Å². The summed E-state index contributed by atoms with van der Waals surface area (Å²) in [5.41, 5.74) is -0.491. The molecule has 0 aromatic rings. The molecule has 1 fully saturated rings. The standard InChI is InChI=1S/C7H11NO2.C2H6/c1-7(2)3-5(9)4-8-6(7)10;1-2/h3-4H2,1-2H3,(H,8,10);1-2H3. The van der Waals surface area contributed by atoms with Crippen LogP contribution in [-0.2, 0) is 9.59 Å². The van der Waals surface area contributed by atoms with Crippen molar-refractivity contribution in [2.24, 2.45) is 5.41 Å². The Labute approximate surface area is 73.5 Å². The average Bonchev–Trinajstić information content (AvgIpc) is 2.01. The lowest BCUT2D eigenvalue weighted by molar-refractivity contribution is -0.138. The Morgan fingerprint density at radius 2 is 1.75 bits per heavy atom. The molecular weight excluding hydrogens is 154 g/mol. The van der Waals surface area contributed by atoms with Gasteiger partial charge in [0.2, 0.25) is 5.91 Å². The van der Waals surface area contributed by atoms with Crippen molar-refractivity contribution < 1.29 is 9.59 Å². The van der Waals surface area contributed by atoms with Gasteiger partial charge >= 0.3 is 0 Å². The summed E-state index contributed by atoms with van der Waals surface area (Å²) in [6.45, 7) is 7.76. The van der Waals surface area contributed by atoms with E-state index in [1.165, 1.54) is 0 Å². The fourth-order valence-electron chi connectivity index (χ4n) is 1.05. The number of piperidine rings is 1. The van der Waals surface area contributed by atoms with Crippen molar-refractivity contribution in [3.63, 3.8) is 0 Å². The SMILES string of the molecule is CC.CC1(C)CC(=O)CNC1=O. The molecule has 0 spiro atoms. The number of hydrogen-bond acceptors (Lipinski definition) is 2. The van der Waals surface area contributed by atoms with Gasteiger partial charge in [0.05, 0.1) is 12.0 Å². The zero-order valence-corrected chi connectivity index (χ0v) is 8.23. The predicted octanol–water partition coefficient (Wildman–Crippen LogP) is 1.13. The van der Waals surface area contributed by atoms with Crippen molar-refractivity contribution in [3.8, 4) is 0 Å². The van der Waals surface area contributed by atoms with Crippen molar-refractivity contribution in [2.75, 3.05) is 6.54 Å². The van der Waals surface area contributed by atoms with Gasteiger partial charge in [-0.3, -0.25) is 9.59 Å². The largest absolute Gasteiger partial charge is 0.349 e. The first-order valence-electron chi connectivity index (χ1n) is 4.32. The van der Waals surface area contributed by atoms with E-state index < -0.39 is 5.41 Å². The van der Waals surface area contributed by atoms with Crippen LogP contribution in [0.3, 0.4) is 0 Å². The minimum Gasteiger partial charge on any atom is -0.349 e. The van der Waals surface area contributed by atoms with Gasteiger partial charge in [0.25, 0.3) is 0 Å². The Hall–Kier alpha value is -0.860. The second-order valence-electron chi connectivity index (χ2n) is 3.28. The van der Waals surface area contributed by atoms with Crippen molar-refractivity contribution in [2.45, 2.75) is 34.1 Å². The average molecular weight is 171 g/mol. The van der Waals surface area contributed by atoms with Crippen LogP contribution in [0.5, 0.6) is 0 Å². The Bertz CT molecular complexity index is 185. The fourth-order valence-corrected chi connectivity index (χ4v) is 1.05. The van der Waals surface area contributed by atoms with Crippen molar-refractivity contribution in [1.29, 1.82) is 0 Å². The van der Waals surface area contributed by atoms with E-state index in [9.17, 15) is 9.59 Å². The Morgan fingerprint density at radius 1 is 1.25 bits per heavy atom. The summed E-state index contributed by atoms with van der Waals surface area (Å²) >= 11 is 0. The van der Waals surface area contributed by atoms with Gasteiger partial charge in [0, 0.05) is 6.42 Å². The van der Waals surface area contributed by atoms with Crippen LogP contribution in [0, 0.1) is 5.41 Å². The molecule has 3 nitrogen and oxygen atoms in total. The predicted molar refractivity (Wildman–Crippen MR) is 47.8 cm³/mol. The topological polar surface area (TPSA) is 46.2 Å². The van der Waals surface area contributed by atoms with Crippen LogP contribution in [0.15, 0.2) is 0 Å². The lowest BCUT2D eigenvalue weighted by Gasteiger charge is -2.26. The molecule has 0 unspecified atom stereocenters. The van der Waals surface area contributed by atoms with E-state index >= 15 is 0 Å². The highest BCUT2D eigenvalue weighted by atomic mass is 16.2. The highest BCUT2D eigenvalue weighted by Crippen LogP contribution is 2.22. The minimum absolute atomic E-state index is 0.0212. The maximum absolute atomic E-state index is 11.0. The summed E-state index contributed by atoms with van der Waals surface area (Å²) in [4.78, 5) is 21.8. The number of carbonyl (C=O) groups excluding carboxylic acids is 2. The molecule has 1 saturated heterocycles. The lowest BCUT2D eigenvalue weighted by atomic mass is 9.84. The molecular formula is C9H17NO2. The Morgan fingerprint density at radius 3 is 2.08 bits per heavy atom. The molecule has 0 atom stereocenters. The molecule has 3 heteroatoms. The van der Waals surface area contributed by atoms with E-state index in [0.717, 1.165) is 0 Å². The Kier molecular flexibility index (Phi) is 3.93. The number of amides is 1. The molecule has 0 radical (unpaired) electrons. The first kappa shape index (κ1) is 11.1. The van der Waals surface area contributed by atoms with Gasteiger partial charge in [0.15, 0.2) is 5.78 Å². The maximum Gasteiger partial charge on any atom is 0.226 e. The molecule has 70 valence electrons. The normalized spacial score (nSPS) is 20.7. The molecule has 1 N–H and O–H groups in total. The first-order valence-corrected chi connectivity index (χ1v) is 4.32. The fraction of sp³-hybridized carbons (Fsp3) is 0.778. The van der Waals surface area contributed by atoms with E-state index in [1.54, 1.807) is 13.8 Å². The van der Waals surface area contributed by atoms with Gasteiger partial charge in [0.1, 0.15) is 0 Å². The molecule has 0 aromatic heterocycles. The molecule has 1 aliphatic heterocycles. The minimum atomic E-state index is -0.491. The van der Waals surface area contributed by atoms with Gasteiger partial charge in [-0.25, -0.2) is 0 Å². The van der Waals surface area contributed by atoms with Crippen LogP contribution in [-0.4, -0.2) is 18.2 Å². The highest BCUT2D eigenvalue weighted by Gasteiger charge is 2.34. The molecule has 0 saturated carbocycles. The number of ketones is 1. The molecule has 1 heterocycles. The summed E-state index contributed by atoms with van der Waals surface area (Å²) in [7, 11) is 0. The summed E-state index contributed by atoms with van der Waals surface area (Å²) in [5.74, 6) is 0.0942. The summed E-state index contributed by atoms with van der Waals surface area (Å²) in [5, 5.41) is 2.53.